The maximum atomic E-state index is 11.9. The Morgan fingerprint density at radius 3 is 3.20 bits per heavy atom. The average Bonchev–Trinajstić information content (AvgIpc) is 2.73. The molecule has 0 unspecified atom stereocenters. The number of hydrogen-bond donors (Lipinski definition) is 2. The van der Waals surface area contributed by atoms with Crippen LogP contribution in [0.1, 0.15) is 12.0 Å². The molecule has 0 fully saturated rings. The van der Waals surface area contributed by atoms with Crippen molar-refractivity contribution in [1.29, 1.82) is 0 Å². The maximum absolute atomic E-state index is 11.9. The summed E-state index contributed by atoms with van der Waals surface area (Å²) in [6.45, 7) is 1.20. The van der Waals surface area contributed by atoms with Crippen LogP contribution in [0.3, 0.4) is 0 Å². The van der Waals surface area contributed by atoms with Gasteiger partial charge in [0.2, 0.25) is 0 Å². The first-order chi connectivity index (χ1) is 7.42. The van der Waals surface area contributed by atoms with Crippen molar-refractivity contribution in [3.63, 3.8) is 0 Å². The second-order valence-electron chi connectivity index (χ2n) is 3.47. The average molecular weight is 207 g/mol. The van der Waals surface area contributed by atoms with Gasteiger partial charge in [-0.05, 0) is 18.5 Å². The molecule has 1 heterocycles. The highest BCUT2D eigenvalue weighted by molar-refractivity contribution is 5.81. The Morgan fingerprint density at radius 2 is 2.33 bits per heavy atom. The first-order valence-electron chi connectivity index (χ1n) is 5.09. The minimum absolute atomic E-state index is 0.263. The topological polar surface area (TPSA) is 40.7 Å². The number of fused-ring (bicyclic) bond motifs is 1. The molecule has 80 valence electrons. The molecule has 2 aromatic rings. The SMILES string of the molecule is FCCCNCc1cccc2cn[nH]c12. The van der Waals surface area contributed by atoms with Crippen LogP contribution in [0.4, 0.5) is 4.39 Å². The van der Waals surface area contributed by atoms with Gasteiger partial charge in [-0.1, -0.05) is 18.2 Å². The fraction of sp³-hybridized carbons (Fsp3) is 0.364. The van der Waals surface area contributed by atoms with E-state index in [1.165, 1.54) is 5.56 Å². The second kappa shape index (κ2) is 4.89. The van der Waals surface area contributed by atoms with Crippen molar-refractivity contribution in [2.75, 3.05) is 13.2 Å². The minimum atomic E-state index is -0.263. The van der Waals surface area contributed by atoms with Crippen molar-refractivity contribution in [1.82, 2.24) is 15.5 Å². The quantitative estimate of drug-likeness (QED) is 0.736. The first kappa shape index (κ1) is 10.1. The highest BCUT2D eigenvalue weighted by atomic mass is 19.1. The van der Waals surface area contributed by atoms with E-state index in [4.69, 9.17) is 0 Å². The number of aromatic amines is 1. The molecular weight excluding hydrogens is 193 g/mol. The molecular formula is C11H14FN3. The number of nitrogens with one attached hydrogen (secondary N) is 2. The van der Waals surface area contributed by atoms with E-state index in [1.807, 2.05) is 18.2 Å². The van der Waals surface area contributed by atoms with Crippen LogP contribution >= 0.6 is 0 Å². The fourth-order valence-corrected chi connectivity index (χ4v) is 1.59. The largest absolute Gasteiger partial charge is 0.312 e. The van der Waals surface area contributed by atoms with Crippen molar-refractivity contribution in [3.8, 4) is 0 Å². The van der Waals surface area contributed by atoms with Gasteiger partial charge in [0.15, 0.2) is 0 Å². The molecule has 4 heteroatoms. The summed E-state index contributed by atoms with van der Waals surface area (Å²) in [5, 5.41) is 11.3. The summed E-state index contributed by atoms with van der Waals surface area (Å²) in [5.74, 6) is 0. The van der Waals surface area contributed by atoms with E-state index >= 15 is 0 Å². The molecule has 0 bridgehead atoms. The summed E-state index contributed by atoms with van der Waals surface area (Å²) in [6.07, 6.45) is 2.37. The number of hydrogen-bond acceptors (Lipinski definition) is 2. The van der Waals surface area contributed by atoms with Crippen molar-refractivity contribution < 1.29 is 4.39 Å². The standard InChI is InChI=1S/C11H14FN3/c12-5-2-6-13-7-9-3-1-4-10-8-14-15-11(9)10/h1,3-4,8,13H,2,5-7H2,(H,14,15). The van der Waals surface area contributed by atoms with Gasteiger partial charge in [-0.2, -0.15) is 5.10 Å². The van der Waals surface area contributed by atoms with E-state index in [1.54, 1.807) is 6.20 Å². The molecule has 0 amide bonds. The van der Waals surface area contributed by atoms with Crippen molar-refractivity contribution in [2.24, 2.45) is 0 Å². The van der Waals surface area contributed by atoms with E-state index in [0.717, 1.165) is 17.4 Å². The molecule has 0 aliphatic heterocycles. The van der Waals surface area contributed by atoms with Crippen molar-refractivity contribution in [3.05, 3.63) is 30.0 Å². The maximum Gasteiger partial charge on any atom is 0.0906 e. The monoisotopic (exact) mass is 207 g/mol. The van der Waals surface area contributed by atoms with E-state index in [2.05, 4.69) is 15.5 Å². The third-order valence-electron chi connectivity index (χ3n) is 2.37. The van der Waals surface area contributed by atoms with E-state index in [0.29, 0.717) is 13.0 Å². The summed E-state index contributed by atoms with van der Waals surface area (Å²) >= 11 is 0. The van der Waals surface area contributed by atoms with E-state index in [9.17, 15) is 4.39 Å². The summed E-state index contributed by atoms with van der Waals surface area (Å²) in [6, 6.07) is 6.07. The van der Waals surface area contributed by atoms with Gasteiger partial charge in [0.1, 0.15) is 0 Å². The molecule has 1 aromatic heterocycles. The number of alkyl halides is 1. The van der Waals surface area contributed by atoms with Crippen LogP contribution in [0.15, 0.2) is 24.4 Å². The van der Waals surface area contributed by atoms with Crippen LogP contribution in [0.5, 0.6) is 0 Å². The highest BCUT2D eigenvalue weighted by Gasteiger charge is 2.01. The van der Waals surface area contributed by atoms with Gasteiger partial charge >= 0.3 is 0 Å². The Hall–Kier alpha value is -1.42. The minimum Gasteiger partial charge on any atom is -0.312 e. The number of benzene rings is 1. The molecule has 0 aliphatic carbocycles. The van der Waals surface area contributed by atoms with Crippen LogP contribution in [0, 0.1) is 0 Å². The third kappa shape index (κ3) is 2.33. The second-order valence-corrected chi connectivity index (χ2v) is 3.47. The molecule has 1 aromatic carbocycles. The third-order valence-corrected chi connectivity index (χ3v) is 2.37. The zero-order chi connectivity index (χ0) is 10.5. The predicted molar refractivity (Wildman–Crippen MR) is 58.4 cm³/mol. The van der Waals surface area contributed by atoms with Gasteiger partial charge in [0, 0.05) is 11.9 Å². The van der Waals surface area contributed by atoms with Crippen molar-refractivity contribution >= 4 is 10.9 Å². The molecule has 15 heavy (non-hydrogen) atoms. The van der Waals surface area contributed by atoms with Crippen LogP contribution in [-0.4, -0.2) is 23.4 Å². The van der Waals surface area contributed by atoms with E-state index < -0.39 is 0 Å². The lowest BCUT2D eigenvalue weighted by Gasteiger charge is -2.04. The number of H-pyrrole nitrogens is 1. The van der Waals surface area contributed by atoms with Gasteiger partial charge < -0.3 is 5.32 Å². The summed E-state index contributed by atoms with van der Waals surface area (Å²) in [4.78, 5) is 0. The van der Waals surface area contributed by atoms with Gasteiger partial charge in [-0.15, -0.1) is 0 Å². The Kier molecular flexibility index (Phi) is 3.29. The highest BCUT2D eigenvalue weighted by Crippen LogP contribution is 2.14. The fourth-order valence-electron chi connectivity index (χ4n) is 1.59. The molecule has 3 nitrogen and oxygen atoms in total. The smallest absolute Gasteiger partial charge is 0.0906 e. The van der Waals surface area contributed by atoms with Crippen molar-refractivity contribution in [2.45, 2.75) is 13.0 Å². The molecule has 0 spiro atoms. The number of aromatic nitrogens is 2. The lowest BCUT2D eigenvalue weighted by Crippen LogP contribution is -2.15. The normalized spacial score (nSPS) is 11.0. The Bertz CT molecular complexity index is 424. The van der Waals surface area contributed by atoms with Gasteiger partial charge in [-0.3, -0.25) is 9.49 Å². The number of halogens is 1. The predicted octanol–water partition coefficient (Wildman–Crippen LogP) is 2.01. The zero-order valence-electron chi connectivity index (χ0n) is 8.46. The molecule has 0 saturated heterocycles. The lowest BCUT2D eigenvalue weighted by atomic mass is 10.1. The lowest BCUT2D eigenvalue weighted by molar-refractivity contribution is 0.459. The summed E-state index contributed by atoms with van der Waals surface area (Å²) in [7, 11) is 0. The van der Waals surface area contributed by atoms with Gasteiger partial charge in [0.05, 0.1) is 18.4 Å². The van der Waals surface area contributed by atoms with Crippen LogP contribution in [0.2, 0.25) is 0 Å². The summed E-state index contributed by atoms with van der Waals surface area (Å²) < 4.78 is 11.9. The van der Waals surface area contributed by atoms with Gasteiger partial charge in [0.25, 0.3) is 0 Å². The number of para-hydroxylation sites is 1. The first-order valence-corrected chi connectivity index (χ1v) is 5.09. The van der Waals surface area contributed by atoms with Gasteiger partial charge in [-0.25, -0.2) is 0 Å². The molecule has 0 saturated carbocycles. The zero-order valence-corrected chi connectivity index (χ0v) is 8.46. The number of rotatable bonds is 5. The molecule has 0 atom stereocenters. The number of nitrogens with zero attached hydrogens (tertiary/aromatic N) is 1. The van der Waals surface area contributed by atoms with E-state index in [-0.39, 0.29) is 6.67 Å². The molecule has 2 rings (SSSR count). The molecule has 0 radical (unpaired) electrons. The van der Waals surface area contributed by atoms with Crippen LogP contribution in [-0.2, 0) is 6.54 Å². The van der Waals surface area contributed by atoms with Crippen LogP contribution in [0.25, 0.3) is 10.9 Å². The Labute approximate surface area is 87.7 Å². The molecule has 2 N–H and O–H groups in total. The van der Waals surface area contributed by atoms with Crippen LogP contribution < -0.4 is 5.32 Å². The molecule has 0 aliphatic rings. The Balaban J connectivity index is 2.04. The Morgan fingerprint density at radius 1 is 1.40 bits per heavy atom. The summed E-state index contributed by atoms with van der Waals surface area (Å²) in [5.41, 5.74) is 2.23.